The molecule has 56 heavy (non-hydrogen) atoms. The molecule has 8 aromatic carbocycles. The molecule has 0 radical (unpaired) electrons. The van der Waals surface area contributed by atoms with E-state index in [4.69, 9.17) is 0 Å². The minimum atomic E-state index is -0.114. The second-order valence-electron chi connectivity index (χ2n) is 14.9. The average Bonchev–Trinajstić information content (AvgIpc) is 3.73. The second-order valence-corrected chi connectivity index (χ2v) is 18.2. The first-order valence-electron chi connectivity index (χ1n) is 19.0. The molecule has 9 aromatic rings. The molecule has 268 valence electrons. The van der Waals surface area contributed by atoms with Crippen LogP contribution in [-0.2, 0) is 5.41 Å². The third-order valence-electron chi connectivity index (χ3n) is 11.3. The summed E-state index contributed by atoms with van der Waals surface area (Å²) in [6.07, 6.45) is 0. The van der Waals surface area contributed by atoms with Crippen LogP contribution in [0.5, 0.6) is 0 Å². The van der Waals surface area contributed by atoms with Crippen LogP contribution in [-0.4, -0.2) is 0 Å². The molecule has 0 N–H and O–H groups in total. The highest BCUT2D eigenvalue weighted by atomic mass is 32.2. The quantitative estimate of drug-likeness (QED) is 0.166. The van der Waals surface area contributed by atoms with Gasteiger partial charge < -0.3 is 9.80 Å². The Kier molecular flexibility index (Phi) is 7.92. The maximum absolute atomic E-state index is 2.49. The predicted octanol–water partition coefficient (Wildman–Crippen LogP) is 15.9. The number of thiophene rings is 1. The van der Waals surface area contributed by atoms with Gasteiger partial charge in [0.15, 0.2) is 0 Å². The summed E-state index contributed by atoms with van der Waals surface area (Å²) in [5.41, 5.74) is 12.1. The molecule has 5 heteroatoms. The van der Waals surface area contributed by atoms with E-state index in [9.17, 15) is 0 Å². The van der Waals surface area contributed by atoms with Gasteiger partial charge in [-0.1, -0.05) is 147 Å². The van der Waals surface area contributed by atoms with Crippen LogP contribution < -0.4 is 9.80 Å². The molecule has 0 unspecified atom stereocenters. The van der Waals surface area contributed by atoms with Gasteiger partial charge in [0.2, 0.25) is 0 Å². The summed E-state index contributed by atoms with van der Waals surface area (Å²) in [5, 5.41) is 2.61. The highest BCUT2D eigenvalue weighted by molar-refractivity contribution is 8.05. The summed E-state index contributed by atoms with van der Waals surface area (Å²) in [6, 6.07) is 67.1. The number of fused-ring (bicyclic) bond motifs is 8. The summed E-state index contributed by atoms with van der Waals surface area (Å²) in [7, 11) is 0. The fourth-order valence-corrected chi connectivity index (χ4v) is 12.2. The van der Waals surface area contributed by atoms with Crippen LogP contribution in [0.1, 0.15) is 25.0 Å². The number of hydrogen-bond donors (Lipinski definition) is 0. The van der Waals surface area contributed by atoms with Crippen molar-refractivity contribution < 1.29 is 0 Å². The Bertz CT molecular complexity index is 2970. The molecule has 0 spiro atoms. The van der Waals surface area contributed by atoms with Crippen molar-refractivity contribution in [3.05, 3.63) is 193 Å². The fourth-order valence-electron chi connectivity index (χ4n) is 8.68. The zero-order valence-electron chi connectivity index (χ0n) is 30.9. The van der Waals surface area contributed by atoms with Crippen molar-refractivity contribution in [2.24, 2.45) is 0 Å². The van der Waals surface area contributed by atoms with E-state index in [-0.39, 0.29) is 5.41 Å². The summed E-state index contributed by atoms with van der Waals surface area (Å²) in [6.45, 7) is 4.73. The average molecular weight is 773 g/mol. The van der Waals surface area contributed by atoms with E-state index in [1.807, 2.05) is 34.9 Å². The number of anilines is 6. The molecule has 0 atom stereocenters. The summed E-state index contributed by atoms with van der Waals surface area (Å²) < 4.78 is 2.60. The lowest BCUT2D eigenvalue weighted by molar-refractivity contribution is 0.660. The molecule has 2 aliphatic rings. The Labute approximate surface area is 340 Å². The van der Waals surface area contributed by atoms with Gasteiger partial charge >= 0.3 is 0 Å². The molecule has 0 saturated heterocycles. The molecule has 0 saturated carbocycles. The van der Waals surface area contributed by atoms with Crippen LogP contribution in [0.4, 0.5) is 34.1 Å². The zero-order chi connectivity index (χ0) is 37.4. The van der Waals surface area contributed by atoms with E-state index >= 15 is 0 Å². The largest absolute Gasteiger partial charge is 0.310 e. The van der Waals surface area contributed by atoms with Crippen molar-refractivity contribution in [2.45, 2.75) is 38.8 Å². The minimum absolute atomic E-state index is 0.114. The molecular weight excluding hydrogens is 737 g/mol. The number of para-hydroxylation sites is 2. The van der Waals surface area contributed by atoms with Gasteiger partial charge in [0.1, 0.15) is 0 Å². The molecular formula is C51H36N2S3. The number of rotatable bonds is 6. The van der Waals surface area contributed by atoms with Gasteiger partial charge in [0, 0.05) is 68.6 Å². The predicted molar refractivity (Wildman–Crippen MR) is 241 cm³/mol. The highest BCUT2D eigenvalue weighted by Gasteiger charge is 2.38. The SMILES string of the molecule is CC1(C)c2ccccc2-c2c(N(c3ccccc3)c3cc4c(c(N(c5ccccc5)c5ccc6c(c5)sc5ccccc56)c3)Sc3ccccc3S4)cccc21. The maximum Gasteiger partial charge on any atom is 0.0633 e. The van der Waals surface area contributed by atoms with Gasteiger partial charge in [0.25, 0.3) is 0 Å². The van der Waals surface area contributed by atoms with Crippen molar-refractivity contribution in [3.63, 3.8) is 0 Å². The van der Waals surface area contributed by atoms with Gasteiger partial charge in [-0.3, -0.25) is 0 Å². The van der Waals surface area contributed by atoms with Crippen molar-refractivity contribution in [1.82, 2.24) is 0 Å². The molecule has 0 fully saturated rings. The zero-order valence-corrected chi connectivity index (χ0v) is 33.4. The van der Waals surface area contributed by atoms with Crippen LogP contribution >= 0.6 is 34.9 Å². The smallest absolute Gasteiger partial charge is 0.0633 e. The summed E-state index contributed by atoms with van der Waals surface area (Å²) >= 11 is 5.62. The number of nitrogens with zero attached hydrogens (tertiary/aromatic N) is 2. The lowest BCUT2D eigenvalue weighted by Crippen LogP contribution is -2.17. The lowest BCUT2D eigenvalue weighted by Gasteiger charge is -2.34. The molecule has 1 aliphatic heterocycles. The normalized spacial score (nSPS) is 13.5. The second kappa shape index (κ2) is 13.2. The van der Waals surface area contributed by atoms with Crippen LogP contribution in [0.3, 0.4) is 0 Å². The van der Waals surface area contributed by atoms with E-state index < -0.39 is 0 Å². The van der Waals surface area contributed by atoms with Gasteiger partial charge in [-0.15, -0.1) is 11.3 Å². The van der Waals surface area contributed by atoms with E-state index in [2.05, 4.69) is 206 Å². The molecule has 2 nitrogen and oxygen atoms in total. The standard InChI is InChI=1S/C51H36N2S3/c1-51(2)40-22-11-9-21-39(40)49-41(51)23-15-24-42(49)53(34-18-7-4-8-19-34)36-30-43(50-48(32-36)55-45-26-13-14-27-46(45)56-50)52(33-16-5-3-6-17-33)35-28-29-38-37-20-10-12-25-44(37)54-47(38)31-35/h3-32H,1-2H3. The topological polar surface area (TPSA) is 6.48 Å². The first-order valence-corrected chi connectivity index (χ1v) is 21.5. The summed E-state index contributed by atoms with van der Waals surface area (Å²) in [4.78, 5) is 10.0. The van der Waals surface area contributed by atoms with Crippen LogP contribution in [0.15, 0.2) is 202 Å². The monoisotopic (exact) mass is 772 g/mol. The van der Waals surface area contributed by atoms with Crippen molar-refractivity contribution >= 4 is 89.2 Å². The van der Waals surface area contributed by atoms with Gasteiger partial charge in [0.05, 0.1) is 16.3 Å². The Morgan fingerprint density at radius 3 is 1.82 bits per heavy atom. The number of benzene rings is 8. The molecule has 1 aliphatic carbocycles. The summed E-state index contributed by atoms with van der Waals surface area (Å²) in [5.74, 6) is 0. The Morgan fingerprint density at radius 2 is 1.04 bits per heavy atom. The van der Waals surface area contributed by atoms with Crippen LogP contribution in [0, 0.1) is 0 Å². The van der Waals surface area contributed by atoms with Crippen LogP contribution in [0.25, 0.3) is 31.3 Å². The maximum atomic E-state index is 2.49. The Morgan fingerprint density at radius 1 is 0.411 bits per heavy atom. The highest BCUT2D eigenvalue weighted by Crippen LogP contribution is 2.58. The third kappa shape index (κ3) is 5.33. The lowest BCUT2D eigenvalue weighted by atomic mass is 9.82. The Balaban J connectivity index is 1.19. The van der Waals surface area contributed by atoms with Gasteiger partial charge in [-0.05, 0) is 89.5 Å². The van der Waals surface area contributed by atoms with E-state index in [1.54, 1.807) is 0 Å². The molecule has 0 bridgehead atoms. The van der Waals surface area contributed by atoms with Crippen molar-refractivity contribution in [3.8, 4) is 11.1 Å². The fraction of sp³-hybridized carbons (Fsp3) is 0.0588. The van der Waals surface area contributed by atoms with Crippen molar-refractivity contribution in [1.29, 1.82) is 0 Å². The molecule has 2 heterocycles. The minimum Gasteiger partial charge on any atom is -0.310 e. The van der Waals surface area contributed by atoms with Gasteiger partial charge in [-0.2, -0.15) is 0 Å². The number of hydrogen-bond acceptors (Lipinski definition) is 5. The third-order valence-corrected chi connectivity index (χ3v) is 15.0. The van der Waals surface area contributed by atoms with E-state index in [0.717, 1.165) is 28.4 Å². The first-order chi connectivity index (χ1) is 27.5. The molecule has 11 rings (SSSR count). The van der Waals surface area contributed by atoms with E-state index in [0.29, 0.717) is 0 Å². The molecule has 1 aromatic heterocycles. The van der Waals surface area contributed by atoms with Gasteiger partial charge in [-0.25, -0.2) is 0 Å². The molecule has 0 amide bonds. The first kappa shape index (κ1) is 33.6. The van der Waals surface area contributed by atoms with Crippen molar-refractivity contribution in [2.75, 3.05) is 9.80 Å². The van der Waals surface area contributed by atoms with Crippen LogP contribution in [0.2, 0.25) is 0 Å². The Hall–Kier alpha value is -5.72. The van der Waals surface area contributed by atoms with E-state index in [1.165, 1.54) is 67.7 Å².